The van der Waals surface area contributed by atoms with Gasteiger partial charge in [-0.3, -0.25) is 14.6 Å². The fourth-order valence-corrected chi connectivity index (χ4v) is 6.50. The van der Waals surface area contributed by atoms with E-state index in [1.54, 1.807) is 0 Å². The molecular weight excluding hydrogens is 498 g/mol. The maximum atomic E-state index is 13.9. The molecule has 0 bridgehead atoms. The number of aliphatic imine (C=N–C) groups is 1. The molecule has 1 aliphatic heterocycles. The van der Waals surface area contributed by atoms with E-state index in [0.717, 1.165) is 48.3 Å². The largest absolute Gasteiger partial charge is 0.462 e. The second-order valence-electron chi connectivity index (χ2n) is 11.2. The highest BCUT2D eigenvalue weighted by Crippen LogP contribution is 2.47. The van der Waals surface area contributed by atoms with Crippen LogP contribution in [0.5, 0.6) is 11.5 Å². The van der Waals surface area contributed by atoms with Crippen molar-refractivity contribution in [1.82, 2.24) is 0 Å². The van der Waals surface area contributed by atoms with Gasteiger partial charge in [0.15, 0.2) is 5.78 Å². The van der Waals surface area contributed by atoms with E-state index in [-0.39, 0.29) is 23.8 Å². The number of ketones is 1. The van der Waals surface area contributed by atoms with Gasteiger partial charge in [-0.15, -0.1) is 0 Å². The number of rotatable bonds is 6. The van der Waals surface area contributed by atoms with Crippen LogP contribution < -0.4 is 4.74 Å². The molecule has 40 heavy (non-hydrogen) atoms. The highest BCUT2D eigenvalue weighted by atomic mass is 16.5. The second kappa shape index (κ2) is 11.6. The summed E-state index contributed by atoms with van der Waals surface area (Å²) < 4.78 is 12.2. The summed E-state index contributed by atoms with van der Waals surface area (Å²) in [5.41, 5.74) is 4.17. The fraction of sp³-hybridized carbons (Fsp3) is 0.343. The maximum Gasteiger partial charge on any atom is 0.315 e. The Balaban J connectivity index is 1.38. The molecule has 0 saturated heterocycles. The SMILES string of the molecule is CC1=NC2=C(C(=O)C[C@@H](c3ccccc3)C2)[C@H](c2cccc(Oc3ccccc3)c2)C1C(=O)OC1CCCCC1. The van der Waals surface area contributed by atoms with Gasteiger partial charge in [0.1, 0.15) is 23.5 Å². The number of carbonyl (C=O) groups excluding carboxylic acids is 2. The molecule has 0 radical (unpaired) electrons. The number of carbonyl (C=O) groups is 2. The molecule has 6 rings (SSSR count). The van der Waals surface area contributed by atoms with Crippen molar-refractivity contribution in [2.75, 3.05) is 0 Å². The second-order valence-corrected chi connectivity index (χ2v) is 11.2. The number of Topliss-reactive ketones (excluding diaryl/α,β-unsaturated/α-hetero) is 1. The molecule has 1 fully saturated rings. The Bertz CT molecular complexity index is 1440. The smallest absolute Gasteiger partial charge is 0.315 e. The quantitative estimate of drug-likeness (QED) is 0.302. The van der Waals surface area contributed by atoms with Crippen molar-refractivity contribution in [3.05, 3.63) is 107 Å². The molecule has 0 N–H and O–H groups in total. The number of para-hydroxylation sites is 1. The molecule has 0 aromatic heterocycles. The average molecular weight is 534 g/mol. The standard InChI is InChI=1S/C35H35NO4/c1-23-32(35(38)40-28-17-9-4-10-18-28)33(25-14-11-19-29(20-25)39-27-15-7-3-8-16-27)34-30(36-23)21-26(22-31(34)37)24-12-5-2-6-13-24/h2-3,5-8,11-16,19-20,26,28,32-33H,4,9-10,17-18,21-22H2,1H3/t26-,32?,33+/m0/s1. The van der Waals surface area contributed by atoms with Crippen LogP contribution in [0.1, 0.15) is 74.8 Å². The summed E-state index contributed by atoms with van der Waals surface area (Å²) in [5.74, 6) is 0.128. The number of ether oxygens (including phenoxy) is 2. The van der Waals surface area contributed by atoms with Crippen LogP contribution in [0.3, 0.4) is 0 Å². The molecule has 0 amide bonds. The number of nitrogens with zero attached hydrogens (tertiary/aromatic N) is 1. The van der Waals surface area contributed by atoms with Crippen molar-refractivity contribution in [3.63, 3.8) is 0 Å². The Kier molecular flexibility index (Phi) is 7.63. The molecule has 5 heteroatoms. The van der Waals surface area contributed by atoms with E-state index < -0.39 is 11.8 Å². The summed E-state index contributed by atoms with van der Waals surface area (Å²) >= 11 is 0. The lowest BCUT2D eigenvalue weighted by atomic mass is 9.69. The molecule has 204 valence electrons. The Morgan fingerprint density at radius 3 is 2.23 bits per heavy atom. The van der Waals surface area contributed by atoms with Crippen molar-refractivity contribution in [2.45, 2.75) is 69.8 Å². The van der Waals surface area contributed by atoms with Crippen LogP contribution in [0.25, 0.3) is 0 Å². The Morgan fingerprint density at radius 2 is 1.48 bits per heavy atom. The van der Waals surface area contributed by atoms with Crippen LogP contribution >= 0.6 is 0 Å². The summed E-state index contributed by atoms with van der Waals surface area (Å²) in [4.78, 5) is 32.7. The first-order chi connectivity index (χ1) is 19.6. The van der Waals surface area contributed by atoms with Gasteiger partial charge >= 0.3 is 5.97 Å². The van der Waals surface area contributed by atoms with Gasteiger partial charge in [0.2, 0.25) is 0 Å². The van der Waals surface area contributed by atoms with Crippen LogP contribution in [-0.2, 0) is 14.3 Å². The van der Waals surface area contributed by atoms with Gasteiger partial charge in [0.05, 0.1) is 0 Å². The van der Waals surface area contributed by atoms with Crippen molar-refractivity contribution in [2.24, 2.45) is 10.9 Å². The zero-order valence-electron chi connectivity index (χ0n) is 22.9. The van der Waals surface area contributed by atoms with Crippen LogP contribution in [0.15, 0.2) is 101 Å². The van der Waals surface area contributed by atoms with Gasteiger partial charge < -0.3 is 9.47 Å². The van der Waals surface area contributed by atoms with Gasteiger partial charge in [-0.25, -0.2) is 0 Å². The monoisotopic (exact) mass is 533 g/mol. The third-order valence-corrected chi connectivity index (χ3v) is 8.44. The van der Waals surface area contributed by atoms with E-state index in [4.69, 9.17) is 14.5 Å². The summed E-state index contributed by atoms with van der Waals surface area (Å²) in [6.45, 7) is 1.91. The lowest BCUT2D eigenvalue weighted by Crippen LogP contribution is -2.39. The minimum absolute atomic E-state index is 0.0567. The van der Waals surface area contributed by atoms with Crippen LogP contribution in [-0.4, -0.2) is 23.6 Å². The fourth-order valence-electron chi connectivity index (χ4n) is 6.50. The van der Waals surface area contributed by atoms with Gasteiger partial charge in [0.25, 0.3) is 0 Å². The normalized spacial score (nSPS) is 23.3. The van der Waals surface area contributed by atoms with E-state index >= 15 is 0 Å². The predicted molar refractivity (Wildman–Crippen MR) is 156 cm³/mol. The van der Waals surface area contributed by atoms with Crippen molar-refractivity contribution < 1.29 is 19.1 Å². The lowest BCUT2D eigenvalue weighted by Gasteiger charge is -2.37. The first-order valence-electron chi connectivity index (χ1n) is 14.5. The summed E-state index contributed by atoms with van der Waals surface area (Å²) in [7, 11) is 0. The molecule has 3 aromatic carbocycles. The van der Waals surface area contributed by atoms with Crippen molar-refractivity contribution >= 4 is 17.5 Å². The van der Waals surface area contributed by atoms with E-state index in [1.165, 1.54) is 6.42 Å². The summed E-state index contributed by atoms with van der Waals surface area (Å²) in [5, 5.41) is 0. The summed E-state index contributed by atoms with van der Waals surface area (Å²) in [6, 6.07) is 27.6. The molecule has 3 aromatic rings. The molecule has 0 spiro atoms. The number of allylic oxidation sites excluding steroid dienone is 2. The highest BCUT2D eigenvalue weighted by molar-refractivity contribution is 6.09. The highest BCUT2D eigenvalue weighted by Gasteiger charge is 2.45. The molecule has 1 saturated carbocycles. The zero-order chi connectivity index (χ0) is 27.5. The van der Waals surface area contributed by atoms with Crippen LogP contribution in [0.4, 0.5) is 0 Å². The minimum Gasteiger partial charge on any atom is -0.462 e. The van der Waals surface area contributed by atoms with E-state index in [0.29, 0.717) is 29.9 Å². The van der Waals surface area contributed by atoms with Gasteiger partial charge in [-0.1, -0.05) is 67.1 Å². The van der Waals surface area contributed by atoms with Crippen molar-refractivity contribution in [1.29, 1.82) is 0 Å². The third kappa shape index (κ3) is 5.51. The molecule has 2 aliphatic carbocycles. The molecule has 3 atom stereocenters. The minimum atomic E-state index is -0.648. The molecule has 1 unspecified atom stereocenters. The lowest BCUT2D eigenvalue weighted by molar-refractivity contribution is -0.153. The Labute approximate surface area is 235 Å². The van der Waals surface area contributed by atoms with Gasteiger partial charge in [-0.05, 0) is 80.3 Å². The van der Waals surface area contributed by atoms with E-state index in [1.807, 2.05) is 79.7 Å². The number of esters is 1. The molecule has 3 aliphatic rings. The topological polar surface area (TPSA) is 65.0 Å². The molecule has 5 nitrogen and oxygen atoms in total. The maximum absolute atomic E-state index is 13.9. The Hall–Kier alpha value is -3.99. The first kappa shape index (κ1) is 26.2. The van der Waals surface area contributed by atoms with Crippen LogP contribution in [0, 0.1) is 5.92 Å². The van der Waals surface area contributed by atoms with E-state index in [9.17, 15) is 9.59 Å². The first-order valence-corrected chi connectivity index (χ1v) is 14.5. The summed E-state index contributed by atoms with van der Waals surface area (Å²) in [6.07, 6.45) is 6.13. The number of benzene rings is 3. The number of hydrogen-bond acceptors (Lipinski definition) is 5. The van der Waals surface area contributed by atoms with Crippen LogP contribution in [0.2, 0.25) is 0 Å². The van der Waals surface area contributed by atoms with E-state index in [2.05, 4.69) is 12.1 Å². The van der Waals surface area contributed by atoms with Gasteiger partial charge in [-0.2, -0.15) is 0 Å². The third-order valence-electron chi connectivity index (χ3n) is 8.44. The molecular formula is C35H35NO4. The Morgan fingerprint density at radius 1 is 0.800 bits per heavy atom. The zero-order valence-corrected chi connectivity index (χ0v) is 22.9. The predicted octanol–water partition coefficient (Wildman–Crippen LogP) is 7.93. The average Bonchev–Trinajstić information content (AvgIpc) is 2.98. The van der Waals surface area contributed by atoms with Gasteiger partial charge in [0, 0.05) is 29.3 Å². The number of hydrogen-bond donors (Lipinski definition) is 0. The molecule has 1 heterocycles. The van der Waals surface area contributed by atoms with Crippen molar-refractivity contribution in [3.8, 4) is 11.5 Å².